The van der Waals surface area contributed by atoms with E-state index >= 15 is 0 Å². The van der Waals surface area contributed by atoms with Gasteiger partial charge in [-0.2, -0.15) is 5.26 Å². The molecule has 1 N–H and O–H groups in total. The van der Waals surface area contributed by atoms with Gasteiger partial charge in [-0.15, -0.1) is 0 Å². The summed E-state index contributed by atoms with van der Waals surface area (Å²) in [5.41, 5.74) is 1.02. The molecule has 0 radical (unpaired) electrons. The first-order chi connectivity index (χ1) is 8.31. The molecule has 5 heteroatoms. The van der Waals surface area contributed by atoms with Crippen LogP contribution in [-0.2, 0) is 6.61 Å². The van der Waals surface area contributed by atoms with E-state index in [4.69, 9.17) is 10.00 Å². The molecule has 0 aliphatic rings. The zero-order valence-electron chi connectivity index (χ0n) is 9.29. The van der Waals surface area contributed by atoms with Gasteiger partial charge in [0.25, 0.3) is 0 Å². The zero-order valence-corrected chi connectivity index (χ0v) is 9.29. The van der Waals surface area contributed by atoms with Crippen LogP contribution in [0.1, 0.15) is 11.3 Å². The summed E-state index contributed by atoms with van der Waals surface area (Å²) in [6, 6.07) is 7.25. The molecule has 0 bridgehead atoms. The molecule has 0 aliphatic carbocycles. The Bertz CT molecular complexity index is 569. The number of hydrogen-bond acceptors (Lipinski definition) is 4. The largest absolute Gasteiger partial charge is 0.495 e. The summed E-state index contributed by atoms with van der Waals surface area (Å²) in [4.78, 5) is 4.16. The summed E-state index contributed by atoms with van der Waals surface area (Å²) in [7, 11) is 1.50. The number of rotatable bonds is 3. The molecule has 17 heavy (non-hydrogen) atoms. The average molecular weight is 229 g/mol. The third kappa shape index (κ3) is 1.86. The Morgan fingerprint density at radius 3 is 3.00 bits per heavy atom. The second-order valence-electron chi connectivity index (χ2n) is 3.35. The van der Waals surface area contributed by atoms with Crippen molar-refractivity contribution < 1.29 is 9.84 Å². The van der Waals surface area contributed by atoms with Crippen molar-refractivity contribution >= 4 is 0 Å². The molecular weight excluding hydrogens is 218 g/mol. The molecular formula is C12H11N3O2. The molecule has 2 heterocycles. The number of nitrogens with zero attached hydrogens (tertiary/aromatic N) is 3. The van der Waals surface area contributed by atoms with Gasteiger partial charge in [-0.25, -0.2) is 4.98 Å². The average Bonchev–Trinajstić information content (AvgIpc) is 2.85. The molecule has 2 rings (SSSR count). The van der Waals surface area contributed by atoms with Crippen LogP contribution in [0.5, 0.6) is 5.75 Å². The number of aromatic nitrogens is 2. The molecule has 2 aromatic heterocycles. The van der Waals surface area contributed by atoms with Crippen LogP contribution in [0.25, 0.3) is 5.82 Å². The predicted molar refractivity (Wildman–Crippen MR) is 60.8 cm³/mol. The van der Waals surface area contributed by atoms with Gasteiger partial charge in [0.15, 0.2) is 5.82 Å². The van der Waals surface area contributed by atoms with E-state index in [1.807, 2.05) is 0 Å². The van der Waals surface area contributed by atoms with Gasteiger partial charge in [0, 0.05) is 18.1 Å². The van der Waals surface area contributed by atoms with Crippen LogP contribution < -0.4 is 4.74 Å². The van der Waals surface area contributed by atoms with Crippen molar-refractivity contribution in [3.8, 4) is 17.6 Å². The Balaban J connectivity index is 2.64. The fraction of sp³-hybridized carbons (Fsp3) is 0.167. The maximum absolute atomic E-state index is 9.20. The van der Waals surface area contributed by atoms with Crippen molar-refractivity contribution in [3.05, 3.63) is 41.9 Å². The minimum absolute atomic E-state index is 0.114. The molecule has 0 saturated heterocycles. The van der Waals surface area contributed by atoms with Crippen molar-refractivity contribution in [1.29, 1.82) is 5.26 Å². The number of hydrogen-bond donors (Lipinski definition) is 1. The van der Waals surface area contributed by atoms with Crippen molar-refractivity contribution in [2.24, 2.45) is 0 Å². The second-order valence-corrected chi connectivity index (χ2v) is 3.35. The first kappa shape index (κ1) is 11.2. The Morgan fingerprint density at radius 1 is 1.53 bits per heavy atom. The Hall–Kier alpha value is -2.32. The molecule has 0 fully saturated rings. The van der Waals surface area contributed by atoms with Crippen molar-refractivity contribution in [2.45, 2.75) is 6.61 Å². The lowest BCUT2D eigenvalue weighted by molar-refractivity contribution is 0.274. The standard InChI is InChI=1S/C12H11N3O2/c1-17-11-4-5-14-12(10(11)7-13)15-6-2-3-9(15)8-16/h2-6,16H,8H2,1H3. The van der Waals surface area contributed by atoms with E-state index in [9.17, 15) is 5.11 Å². The number of pyridine rings is 1. The SMILES string of the molecule is COc1ccnc(-n2cccc2CO)c1C#N. The maximum atomic E-state index is 9.20. The van der Waals surface area contributed by atoms with Crippen LogP contribution in [0.3, 0.4) is 0 Å². The molecule has 0 saturated carbocycles. The quantitative estimate of drug-likeness (QED) is 0.859. The lowest BCUT2D eigenvalue weighted by Crippen LogP contribution is -2.05. The molecule has 0 spiro atoms. The lowest BCUT2D eigenvalue weighted by atomic mass is 10.2. The van der Waals surface area contributed by atoms with Crippen molar-refractivity contribution in [1.82, 2.24) is 9.55 Å². The smallest absolute Gasteiger partial charge is 0.158 e. The normalized spacial score (nSPS) is 9.94. The van der Waals surface area contributed by atoms with E-state index < -0.39 is 0 Å². The summed E-state index contributed by atoms with van der Waals surface area (Å²) in [6.07, 6.45) is 3.31. The maximum Gasteiger partial charge on any atom is 0.158 e. The zero-order chi connectivity index (χ0) is 12.3. The molecule has 0 aliphatic heterocycles. The van der Waals surface area contributed by atoms with Crippen LogP contribution in [0.2, 0.25) is 0 Å². The van der Waals surface area contributed by atoms with Gasteiger partial charge < -0.3 is 14.4 Å². The molecule has 0 amide bonds. The molecule has 0 aromatic carbocycles. The molecule has 2 aromatic rings. The lowest BCUT2D eigenvalue weighted by Gasteiger charge is -2.10. The number of aliphatic hydroxyl groups is 1. The highest BCUT2D eigenvalue weighted by Crippen LogP contribution is 2.23. The van der Waals surface area contributed by atoms with Gasteiger partial charge in [-0.1, -0.05) is 0 Å². The fourth-order valence-electron chi connectivity index (χ4n) is 1.64. The molecule has 86 valence electrons. The van der Waals surface area contributed by atoms with E-state index in [2.05, 4.69) is 11.1 Å². The highest BCUT2D eigenvalue weighted by Gasteiger charge is 2.13. The third-order valence-corrected chi connectivity index (χ3v) is 2.45. The van der Waals surface area contributed by atoms with E-state index in [0.29, 0.717) is 22.8 Å². The van der Waals surface area contributed by atoms with Gasteiger partial charge in [0.1, 0.15) is 17.4 Å². The monoisotopic (exact) mass is 229 g/mol. The van der Waals surface area contributed by atoms with Gasteiger partial charge in [-0.3, -0.25) is 0 Å². The fourth-order valence-corrected chi connectivity index (χ4v) is 1.64. The summed E-state index contributed by atoms with van der Waals surface area (Å²) < 4.78 is 6.78. The summed E-state index contributed by atoms with van der Waals surface area (Å²) >= 11 is 0. The van der Waals surface area contributed by atoms with Gasteiger partial charge >= 0.3 is 0 Å². The van der Waals surface area contributed by atoms with Crippen molar-refractivity contribution in [2.75, 3.05) is 7.11 Å². The Kier molecular flexibility index (Phi) is 3.08. The van der Waals surface area contributed by atoms with Crippen LogP contribution >= 0.6 is 0 Å². The second kappa shape index (κ2) is 4.68. The summed E-state index contributed by atoms with van der Waals surface area (Å²) in [5, 5.41) is 18.3. The van der Waals surface area contributed by atoms with Gasteiger partial charge in [0.05, 0.1) is 13.7 Å². The highest BCUT2D eigenvalue weighted by atomic mass is 16.5. The van der Waals surface area contributed by atoms with Crippen LogP contribution in [0.4, 0.5) is 0 Å². The van der Waals surface area contributed by atoms with E-state index in [1.54, 1.807) is 35.2 Å². The number of aliphatic hydroxyl groups excluding tert-OH is 1. The number of ether oxygens (including phenoxy) is 1. The first-order valence-electron chi connectivity index (χ1n) is 5.02. The first-order valence-corrected chi connectivity index (χ1v) is 5.02. The summed E-state index contributed by atoms with van der Waals surface area (Å²) in [6.45, 7) is -0.114. The molecule has 5 nitrogen and oxygen atoms in total. The topological polar surface area (TPSA) is 71.1 Å². The minimum Gasteiger partial charge on any atom is -0.495 e. The van der Waals surface area contributed by atoms with Crippen LogP contribution in [0, 0.1) is 11.3 Å². The van der Waals surface area contributed by atoms with Crippen LogP contribution in [-0.4, -0.2) is 21.8 Å². The van der Waals surface area contributed by atoms with Gasteiger partial charge in [0.2, 0.25) is 0 Å². The van der Waals surface area contributed by atoms with Crippen molar-refractivity contribution in [3.63, 3.8) is 0 Å². The van der Waals surface area contributed by atoms with Gasteiger partial charge in [-0.05, 0) is 18.2 Å². The third-order valence-electron chi connectivity index (χ3n) is 2.45. The summed E-state index contributed by atoms with van der Waals surface area (Å²) in [5.74, 6) is 0.927. The van der Waals surface area contributed by atoms with E-state index in [1.165, 1.54) is 7.11 Å². The highest BCUT2D eigenvalue weighted by molar-refractivity contribution is 5.53. The predicted octanol–water partition coefficient (Wildman–Crippen LogP) is 1.24. The minimum atomic E-state index is -0.114. The Labute approximate surface area is 98.5 Å². The molecule has 0 atom stereocenters. The number of nitriles is 1. The van der Waals surface area contributed by atoms with E-state index in [-0.39, 0.29) is 6.61 Å². The van der Waals surface area contributed by atoms with E-state index in [0.717, 1.165) is 0 Å². The molecule has 0 unspecified atom stereocenters. The Morgan fingerprint density at radius 2 is 2.35 bits per heavy atom. The number of methoxy groups -OCH3 is 1. The van der Waals surface area contributed by atoms with Crippen LogP contribution in [0.15, 0.2) is 30.6 Å².